The molecular weight excluding hydrogens is 432 g/mol. The van der Waals surface area contributed by atoms with Crippen LogP contribution in [0, 0.1) is 18.6 Å². The topological polar surface area (TPSA) is 63.2 Å². The average Bonchev–Trinajstić information content (AvgIpc) is 2.97. The van der Waals surface area contributed by atoms with Gasteiger partial charge in [0.15, 0.2) is 9.84 Å². The van der Waals surface area contributed by atoms with E-state index in [0.29, 0.717) is 17.8 Å². The van der Waals surface area contributed by atoms with Crippen LogP contribution in [0.4, 0.5) is 20.2 Å². The van der Waals surface area contributed by atoms with Crippen LogP contribution in [-0.4, -0.2) is 31.2 Å². The highest BCUT2D eigenvalue weighted by Gasteiger charge is 2.39. The number of halogens is 2. The Bertz CT molecular complexity index is 1430. The first-order valence-corrected chi connectivity index (χ1v) is 11.8. The molecule has 0 spiro atoms. The lowest BCUT2D eigenvalue weighted by Crippen LogP contribution is -2.26. The normalized spacial score (nSPS) is 15.1. The number of anilines is 2. The maximum absolute atomic E-state index is 15.1. The molecule has 1 aliphatic heterocycles. The second-order valence-electron chi connectivity index (χ2n) is 8.73. The van der Waals surface area contributed by atoms with Gasteiger partial charge in [-0.1, -0.05) is 27.0 Å². The van der Waals surface area contributed by atoms with E-state index in [0.717, 1.165) is 29.8 Å². The second kappa shape index (κ2) is 7.20. The van der Waals surface area contributed by atoms with Gasteiger partial charge in [0.25, 0.3) is 0 Å². The molecule has 3 heterocycles. The third-order valence-electron chi connectivity index (χ3n) is 5.83. The molecule has 0 aliphatic carbocycles. The van der Waals surface area contributed by atoms with Gasteiger partial charge in [-0.3, -0.25) is 4.98 Å². The highest BCUT2D eigenvalue weighted by atomic mass is 32.2. The molecule has 0 bridgehead atoms. The zero-order valence-electron chi connectivity index (χ0n) is 18.3. The minimum Gasteiger partial charge on any atom is -0.338 e. The fourth-order valence-electron chi connectivity index (χ4n) is 4.26. The van der Waals surface area contributed by atoms with Crippen molar-refractivity contribution in [3.05, 3.63) is 77.1 Å². The summed E-state index contributed by atoms with van der Waals surface area (Å²) in [6.07, 6.45) is 2.74. The Morgan fingerprint density at radius 1 is 1.22 bits per heavy atom. The Morgan fingerprint density at radius 2 is 1.91 bits per heavy atom. The van der Waals surface area contributed by atoms with Gasteiger partial charge in [-0.15, -0.1) is 0 Å². The van der Waals surface area contributed by atoms with Gasteiger partial charge in [0.05, 0.1) is 38.6 Å². The summed E-state index contributed by atoms with van der Waals surface area (Å²) in [4.78, 5) is 10.7. The number of benzene rings is 1. The van der Waals surface area contributed by atoms with Gasteiger partial charge >= 0.3 is 0 Å². The van der Waals surface area contributed by atoms with E-state index in [9.17, 15) is 12.8 Å². The molecule has 3 aromatic rings. The van der Waals surface area contributed by atoms with Crippen molar-refractivity contribution >= 4 is 37.7 Å². The SMILES string of the molecule is C=C(C(=C)S(C)(=O)=O)c1nc2cc(F)cc(F)c2c(N2CC(C)(C)c3ncccc32)c1C. The first-order chi connectivity index (χ1) is 14.8. The monoisotopic (exact) mass is 455 g/mol. The summed E-state index contributed by atoms with van der Waals surface area (Å²) >= 11 is 0. The van der Waals surface area contributed by atoms with Gasteiger partial charge < -0.3 is 4.90 Å². The maximum atomic E-state index is 15.1. The van der Waals surface area contributed by atoms with Gasteiger partial charge in [0.1, 0.15) is 11.6 Å². The summed E-state index contributed by atoms with van der Waals surface area (Å²) in [5.74, 6) is -1.53. The predicted octanol–water partition coefficient (Wildman–Crippen LogP) is 5.22. The van der Waals surface area contributed by atoms with Crippen molar-refractivity contribution in [2.75, 3.05) is 17.7 Å². The van der Waals surface area contributed by atoms with Crippen molar-refractivity contribution in [1.82, 2.24) is 9.97 Å². The van der Waals surface area contributed by atoms with E-state index in [1.807, 2.05) is 24.8 Å². The Balaban J connectivity index is 2.08. The van der Waals surface area contributed by atoms with E-state index < -0.39 is 21.5 Å². The van der Waals surface area contributed by atoms with Gasteiger partial charge in [0.2, 0.25) is 0 Å². The van der Waals surface area contributed by atoms with Crippen molar-refractivity contribution in [3.63, 3.8) is 0 Å². The highest BCUT2D eigenvalue weighted by molar-refractivity contribution is 7.95. The molecule has 0 amide bonds. The van der Waals surface area contributed by atoms with E-state index in [1.165, 1.54) is 0 Å². The van der Waals surface area contributed by atoms with Gasteiger partial charge in [-0.2, -0.15) is 0 Å². The first-order valence-electron chi connectivity index (χ1n) is 9.94. The summed E-state index contributed by atoms with van der Waals surface area (Å²) in [7, 11) is -3.64. The molecule has 0 fully saturated rings. The molecule has 0 radical (unpaired) electrons. The Morgan fingerprint density at radius 3 is 2.56 bits per heavy atom. The summed E-state index contributed by atoms with van der Waals surface area (Å²) in [5, 5.41) is 0.151. The number of pyridine rings is 2. The fourth-order valence-corrected chi connectivity index (χ4v) is 4.81. The molecular formula is C24H23F2N3O2S. The van der Waals surface area contributed by atoms with Crippen molar-refractivity contribution in [1.29, 1.82) is 0 Å². The predicted molar refractivity (Wildman–Crippen MR) is 124 cm³/mol. The van der Waals surface area contributed by atoms with E-state index in [4.69, 9.17) is 0 Å². The average molecular weight is 456 g/mol. The lowest BCUT2D eigenvalue weighted by molar-refractivity contribution is 0.553. The van der Waals surface area contributed by atoms with Crippen LogP contribution in [0.1, 0.15) is 30.8 Å². The Kier molecular flexibility index (Phi) is 4.97. The zero-order chi connectivity index (χ0) is 23.6. The van der Waals surface area contributed by atoms with Gasteiger partial charge in [-0.25, -0.2) is 22.2 Å². The molecule has 32 heavy (non-hydrogen) atoms. The molecule has 0 unspecified atom stereocenters. The smallest absolute Gasteiger partial charge is 0.175 e. The highest BCUT2D eigenvalue weighted by Crippen LogP contribution is 2.47. The van der Waals surface area contributed by atoms with Crippen molar-refractivity contribution < 1.29 is 17.2 Å². The molecule has 166 valence electrons. The molecule has 0 saturated heterocycles. The first kappa shape index (κ1) is 22.1. The molecule has 5 nitrogen and oxygen atoms in total. The van der Waals surface area contributed by atoms with Gasteiger partial charge in [-0.05, 0) is 24.6 Å². The number of rotatable bonds is 4. The molecule has 0 atom stereocenters. The fraction of sp³-hybridized carbons (Fsp3) is 0.250. The lowest BCUT2D eigenvalue weighted by Gasteiger charge is -2.27. The van der Waals surface area contributed by atoms with Crippen LogP contribution in [-0.2, 0) is 15.3 Å². The number of nitrogens with zero attached hydrogens (tertiary/aromatic N) is 3. The molecule has 4 rings (SSSR count). The largest absolute Gasteiger partial charge is 0.338 e. The van der Waals surface area contributed by atoms with Crippen LogP contribution in [0.15, 0.2) is 48.5 Å². The summed E-state index contributed by atoms with van der Waals surface area (Å²) < 4.78 is 53.4. The summed E-state index contributed by atoms with van der Waals surface area (Å²) in [5.41, 5.74) is 2.70. The minimum absolute atomic E-state index is 0.0655. The molecule has 1 aromatic carbocycles. The molecule has 8 heteroatoms. The second-order valence-corrected chi connectivity index (χ2v) is 10.8. The molecule has 0 N–H and O–H groups in total. The van der Waals surface area contributed by atoms with Crippen molar-refractivity contribution in [2.45, 2.75) is 26.2 Å². The quantitative estimate of drug-likeness (QED) is 0.505. The van der Waals surface area contributed by atoms with Crippen LogP contribution in [0.2, 0.25) is 0 Å². The van der Waals surface area contributed by atoms with Crippen LogP contribution in [0.3, 0.4) is 0 Å². The number of hydrogen-bond donors (Lipinski definition) is 0. The van der Waals surface area contributed by atoms with E-state index in [1.54, 1.807) is 19.2 Å². The van der Waals surface area contributed by atoms with Crippen LogP contribution in [0.25, 0.3) is 16.5 Å². The van der Waals surface area contributed by atoms with E-state index >= 15 is 4.39 Å². The van der Waals surface area contributed by atoms with Crippen LogP contribution in [0.5, 0.6) is 0 Å². The number of sulfone groups is 1. The minimum atomic E-state index is -3.64. The van der Waals surface area contributed by atoms with E-state index in [2.05, 4.69) is 23.1 Å². The van der Waals surface area contributed by atoms with Crippen LogP contribution < -0.4 is 4.90 Å². The molecule has 1 aliphatic rings. The third kappa shape index (κ3) is 3.39. The number of fused-ring (bicyclic) bond motifs is 2. The van der Waals surface area contributed by atoms with Crippen molar-refractivity contribution in [2.24, 2.45) is 0 Å². The van der Waals surface area contributed by atoms with Crippen LogP contribution >= 0.6 is 0 Å². The Hall–Kier alpha value is -3.13. The Labute approximate surface area is 186 Å². The maximum Gasteiger partial charge on any atom is 0.175 e. The lowest BCUT2D eigenvalue weighted by atomic mass is 9.91. The zero-order valence-corrected chi connectivity index (χ0v) is 19.1. The molecule has 0 saturated carbocycles. The molecule has 2 aromatic heterocycles. The number of allylic oxidation sites excluding steroid dienone is 1. The summed E-state index contributed by atoms with van der Waals surface area (Å²) in [6, 6.07) is 5.65. The third-order valence-corrected chi connectivity index (χ3v) is 6.97. The van der Waals surface area contributed by atoms with Crippen molar-refractivity contribution in [3.8, 4) is 0 Å². The number of aromatic nitrogens is 2. The standard InChI is InChI=1S/C24H23F2N3O2S/c1-13(15(3)32(6,30)31)21-14(2)22(20-17(26)10-16(25)11-18(20)28-21)29-12-24(4,5)23-19(29)8-7-9-27-23/h7-11H,1,3,12H2,2,4-6H3. The number of hydrogen-bond acceptors (Lipinski definition) is 5. The van der Waals surface area contributed by atoms with E-state index in [-0.39, 0.29) is 32.5 Å². The van der Waals surface area contributed by atoms with Gasteiger partial charge in [0, 0.05) is 42.1 Å². The summed E-state index contributed by atoms with van der Waals surface area (Å²) in [6.45, 7) is 13.8.